The first kappa shape index (κ1) is 16.7. The number of nitrogens with zero attached hydrogens (tertiary/aromatic N) is 1. The van der Waals surface area contributed by atoms with Crippen molar-refractivity contribution in [1.82, 2.24) is 0 Å². The second-order valence-corrected chi connectivity index (χ2v) is 7.02. The molecule has 0 saturated carbocycles. The van der Waals surface area contributed by atoms with Crippen molar-refractivity contribution in [3.63, 3.8) is 0 Å². The Morgan fingerprint density at radius 3 is 2.29 bits per heavy atom. The number of ether oxygens (including phenoxy) is 1. The molecule has 0 radical (unpaired) electrons. The van der Waals surface area contributed by atoms with Gasteiger partial charge in [0, 0.05) is 0 Å². The summed E-state index contributed by atoms with van der Waals surface area (Å²) in [5, 5.41) is -0.0650. The van der Waals surface area contributed by atoms with Crippen molar-refractivity contribution in [2.75, 3.05) is 12.0 Å². The molecule has 1 aliphatic heterocycles. The summed E-state index contributed by atoms with van der Waals surface area (Å²) in [4.78, 5) is 15.4. The number of thiocarbonyl (C=S) groups is 1. The zero-order valence-corrected chi connectivity index (χ0v) is 15.3. The minimum atomic E-state index is -0.0650. The van der Waals surface area contributed by atoms with Crippen LogP contribution in [-0.4, -0.2) is 17.3 Å². The first-order valence-corrected chi connectivity index (χ1v) is 8.71. The lowest BCUT2D eigenvalue weighted by Crippen LogP contribution is -2.26. The summed E-state index contributed by atoms with van der Waals surface area (Å²) in [7, 11) is 1.63. The average Bonchev–Trinajstić information content (AvgIpc) is 2.81. The van der Waals surface area contributed by atoms with Gasteiger partial charge in [-0.1, -0.05) is 30.4 Å². The number of carbonyl (C=O) groups excluding carboxylic acids is 1. The molecule has 0 bridgehead atoms. The van der Waals surface area contributed by atoms with Crippen molar-refractivity contribution in [2.45, 2.75) is 13.8 Å². The van der Waals surface area contributed by atoms with Gasteiger partial charge in [-0.2, -0.15) is 0 Å². The van der Waals surface area contributed by atoms with E-state index in [2.05, 4.69) is 6.07 Å². The fourth-order valence-electron chi connectivity index (χ4n) is 2.62. The Labute approximate surface area is 151 Å². The minimum absolute atomic E-state index is 0.0650. The summed E-state index contributed by atoms with van der Waals surface area (Å²) in [5.41, 5.74) is 4.03. The first-order chi connectivity index (χ1) is 11.5. The van der Waals surface area contributed by atoms with Crippen LogP contribution in [0.5, 0.6) is 5.75 Å². The van der Waals surface area contributed by atoms with Crippen molar-refractivity contribution in [2.24, 2.45) is 0 Å². The summed E-state index contributed by atoms with van der Waals surface area (Å²) in [6, 6.07) is 13.7. The highest BCUT2D eigenvalue weighted by molar-refractivity contribution is 8.20. The van der Waals surface area contributed by atoms with Crippen molar-refractivity contribution < 1.29 is 9.53 Å². The highest BCUT2D eigenvalue weighted by Gasteiger charge is 2.33. The molecule has 2 aromatic carbocycles. The maximum Gasteiger partial charge on any atom is 0.296 e. The zero-order chi connectivity index (χ0) is 17.3. The van der Waals surface area contributed by atoms with Crippen LogP contribution in [0.15, 0.2) is 47.4 Å². The molecule has 0 unspecified atom stereocenters. The number of aryl methyl sites for hydroxylation is 2. The number of carbonyl (C=O) groups is 1. The lowest BCUT2D eigenvalue weighted by atomic mass is 10.1. The van der Waals surface area contributed by atoms with E-state index in [1.54, 1.807) is 12.0 Å². The molecule has 0 N–H and O–H groups in total. The predicted molar refractivity (Wildman–Crippen MR) is 105 cm³/mol. The lowest BCUT2D eigenvalue weighted by Gasteiger charge is -2.16. The van der Waals surface area contributed by atoms with E-state index in [4.69, 9.17) is 17.0 Å². The largest absolute Gasteiger partial charge is 0.497 e. The number of benzene rings is 2. The Kier molecular flexibility index (Phi) is 4.73. The third-order valence-electron chi connectivity index (χ3n) is 3.67. The Hall–Kier alpha value is -2.11. The normalized spacial score (nSPS) is 16.1. The van der Waals surface area contributed by atoms with Crippen LogP contribution in [0.2, 0.25) is 0 Å². The molecule has 0 spiro atoms. The third-order valence-corrected chi connectivity index (χ3v) is 5.09. The number of methoxy groups -OCH3 is 1. The number of hydrogen-bond acceptors (Lipinski definition) is 4. The lowest BCUT2D eigenvalue weighted by molar-refractivity contribution is 0.268. The number of amides is 1. The van der Waals surface area contributed by atoms with Crippen LogP contribution in [0, 0.1) is 13.8 Å². The Balaban J connectivity index is 1.91. The SMILES string of the molecule is COc1ccc(/C=C2\SC(=O)N(c3cc(C)cc(C)c3)C2=S)cc1. The van der Waals surface area contributed by atoms with Crippen LogP contribution in [0.4, 0.5) is 10.5 Å². The maximum absolute atomic E-state index is 12.4. The van der Waals surface area contributed by atoms with E-state index in [1.165, 1.54) is 11.8 Å². The molecule has 0 aromatic heterocycles. The summed E-state index contributed by atoms with van der Waals surface area (Å²) in [6.45, 7) is 4.03. The van der Waals surface area contributed by atoms with Gasteiger partial charge in [-0.15, -0.1) is 0 Å². The predicted octanol–water partition coefficient (Wildman–Crippen LogP) is 5.35. The van der Waals surface area contributed by atoms with Crippen LogP contribution in [0.3, 0.4) is 0 Å². The Bertz CT molecular complexity index is 821. The van der Waals surface area contributed by atoms with E-state index in [0.717, 1.165) is 33.0 Å². The van der Waals surface area contributed by atoms with E-state index in [-0.39, 0.29) is 5.24 Å². The molecule has 1 fully saturated rings. The minimum Gasteiger partial charge on any atom is -0.497 e. The zero-order valence-electron chi connectivity index (χ0n) is 13.7. The van der Waals surface area contributed by atoms with Crippen LogP contribution >= 0.6 is 24.0 Å². The summed E-state index contributed by atoms with van der Waals surface area (Å²) < 4.78 is 5.16. The van der Waals surface area contributed by atoms with Gasteiger partial charge in [-0.05, 0) is 72.6 Å². The number of rotatable bonds is 3. The van der Waals surface area contributed by atoms with Gasteiger partial charge in [0.25, 0.3) is 5.24 Å². The molecule has 2 aromatic rings. The second-order valence-electron chi connectivity index (χ2n) is 5.64. The Morgan fingerprint density at radius 2 is 1.71 bits per heavy atom. The Morgan fingerprint density at radius 1 is 1.08 bits per heavy atom. The van der Waals surface area contributed by atoms with Gasteiger partial charge in [0.1, 0.15) is 10.7 Å². The molecule has 0 aliphatic carbocycles. The second kappa shape index (κ2) is 6.79. The van der Waals surface area contributed by atoms with Gasteiger partial charge in [0.2, 0.25) is 0 Å². The summed E-state index contributed by atoms with van der Waals surface area (Å²) in [5.74, 6) is 0.798. The van der Waals surface area contributed by atoms with Gasteiger partial charge in [0.15, 0.2) is 0 Å². The number of anilines is 1. The topological polar surface area (TPSA) is 29.5 Å². The van der Waals surface area contributed by atoms with Crippen molar-refractivity contribution >= 4 is 46.0 Å². The first-order valence-electron chi connectivity index (χ1n) is 7.48. The fraction of sp³-hybridized carbons (Fsp3) is 0.158. The molecule has 24 heavy (non-hydrogen) atoms. The van der Waals surface area contributed by atoms with Gasteiger partial charge in [-0.3, -0.25) is 9.69 Å². The smallest absolute Gasteiger partial charge is 0.296 e. The quantitative estimate of drug-likeness (QED) is 0.548. The van der Waals surface area contributed by atoms with Gasteiger partial charge in [0.05, 0.1) is 17.7 Å². The molecule has 1 saturated heterocycles. The van der Waals surface area contributed by atoms with Crippen LogP contribution in [-0.2, 0) is 0 Å². The van der Waals surface area contributed by atoms with E-state index in [1.807, 2.05) is 56.3 Å². The molecule has 1 amide bonds. The number of thioether (sulfide) groups is 1. The highest BCUT2D eigenvalue weighted by atomic mass is 32.2. The van der Waals surface area contributed by atoms with Crippen LogP contribution in [0.25, 0.3) is 6.08 Å². The molecular formula is C19H17NO2S2. The molecule has 3 nitrogen and oxygen atoms in total. The van der Waals surface area contributed by atoms with Crippen LogP contribution in [0.1, 0.15) is 16.7 Å². The fourth-order valence-corrected chi connectivity index (χ4v) is 3.90. The van der Waals surface area contributed by atoms with Crippen molar-refractivity contribution in [3.05, 3.63) is 64.1 Å². The summed E-state index contributed by atoms with van der Waals surface area (Å²) in [6.07, 6.45) is 1.94. The molecular weight excluding hydrogens is 338 g/mol. The average molecular weight is 355 g/mol. The van der Waals surface area contributed by atoms with Gasteiger partial charge in [-0.25, -0.2) is 0 Å². The van der Waals surface area contributed by atoms with E-state index < -0.39 is 0 Å². The van der Waals surface area contributed by atoms with Gasteiger partial charge >= 0.3 is 0 Å². The van der Waals surface area contributed by atoms with E-state index >= 15 is 0 Å². The molecule has 3 rings (SSSR count). The molecule has 1 heterocycles. The number of hydrogen-bond donors (Lipinski definition) is 0. The monoisotopic (exact) mass is 355 g/mol. The van der Waals surface area contributed by atoms with Crippen molar-refractivity contribution in [1.29, 1.82) is 0 Å². The van der Waals surface area contributed by atoms with E-state index in [0.29, 0.717) is 4.99 Å². The third kappa shape index (κ3) is 3.37. The molecule has 122 valence electrons. The summed E-state index contributed by atoms with van der Waals surface area (Å²) >= 11 is 6.72. The standard InChI is InChI=1S/C19H17NO2S2/c1-12-8-13(2)10-15(9-12)20-18(23)17(24-19(20)21)11-14-4-6-16(22-3)7-5-14/h4-11H,1-3H3/b17-11-. The highest BCUT2D eigenvalue weighted by Crippen LogP contribution is 2.37. The van der Waals surface area contributed by atoms with E-state index in [9.17, 15) is 4.79 Å². The van der Waals surface area contributed by atoms with Gasteiger partial charge < -0.3 is 4.74 Å². The van der Waals surface area contributed by atoms with Crippen LogP contribution < -0.4 is 9.64 Å². The van der Waals surface area contributed by atoms with Crippen molar-refractivity contribution in [3.8, 4) is 5.75 Å². The molecule has 1 aliphatic rings. The molecule has 5 heteroatoms. The maximum atomic E-state index is 12.4. The molecule has 0 atom stereocenters.